The van der Waals surface area contributed by atoms with Crippen molar-refractivity contribution in [2.45, 2.75) is 187 Å². The lowest BCUT2D eigenvalue weighted by Gasteiger charge is -2.15. The molecule has 10 heteroatoms. The molecule has 0 saturated carbocycles. The van der Waals surface area contributed by atoms with Crippen molar-refractivity contribution in [2.24, 2.45) is 0 Å². The van der Waals surface area contributed by atoms with Gasteiger partial charge in [-0.25, -0.2) is 4.57 Å². The van der Waals surface area contributed by atoms with Crippen LogP contribution in [0.3, 0.4) is 0 Å². The Bertz CT molecular complexity index is 1160. The van der Waals surface area contributed by atoms with Gasteiger partial charge in [-0.2, -0.15) is 0 Å². The second-order valence-corrected chi connectivity index (χ2v) is 16.1. The molecule has 0 heterocycles. The number of aliphatic hydroxyl groups is 1. The molecule has 0 radical (unpaired) electrons. The number of rotatable bonds is 41. The van der Waals surface area contributed by atoms with E-state index in [9.17, 15) is 24.2 Å². The van der Waals surface area contributed by atoms with E-state index < -0.39 is 26.5 Å². The molecule has 0 aromatic carbocycles. The second-order valence-electron chi connectivity index (χ2n) is 14.6. The van der Waals surface area contributed by atoms with Gasteiger partial charge in [0.25, 0.3) is 0 Å². The summed E-state index contributed by atoms with van der Waals surface area (Å²) in [5.41, 5.74) is 0. The van der Waals surface area contributed by atoms with Crippen LogP contribution in [-0.2, 0) is 27.9 Å². The van der Waals surface area contributed by atoms with Crippen molar-refractivity contribution >= 4 is 19.7 Å². The molecule has 328 valence electrons. The van der Waals surface area contributed by atoms with Gasteiger partial charge in [0.05, 0.1) is 13.2 Å². The fourth-order valence-electron chi connectivity index (χ4n) is 5.79. The van der Waals surface area contributed by atoms with E-state index in [1.807, 2.05) is 0 Å². The van der Waals surface area contributed by atoms with Crippen LogP contribution in [0.1, 0.15) is 181 Å². The molecular weight excluding hydrogens is 737 g/mol. The highest BCUT2D eigenvalue weighted by Gasteiger charge is 2.23. The number of allylic oxidation sites excluding steroid dienone is 12. The van der Waals surface area contributed by atoms with E-state index in [0.717, 1.165) is 77.0 Å². The van der Waals surface area contributed by atoms with Crippen LogP contribution in [-0.4, -0.2) is 54.3 Å². The highest BCUT2D eigenvalue weighted by atomic mass is 31.2. The Labute approximate surface area is 348 Å². The Hall–Kier alpha value is -2.55. The van der Waals surface area contributed by atoms with Crippen LogP contribution in [0.2, 0.25) is 0 Å². The maximum Gasteiger partial charge on any atom is 0.472 e. The Morgan fingerprint density at radius 3 is 1.49 bits per heavy atom. The molecule has 9 nitrogen and oxygen atoms in total. The zero-order chi connectivity index (χ0) is 41.8. The summed E-state index contributed by atoms with van der Waals surface area (Å²) in [4.78, 5) is 33.9. The van der Waals surface area contributed by atoms with E-state index in [4.69, 9.17) is 13.8 Å². The first-order valence-electron chi connectivity index (χ1n) is 22.4. The molecule has 2 unspecified atom stereocenters. The summed E-state index contributed by atoms with van der Waals surface area (Å²) in [6.07, 6.45) is 52.6. The van der Waals surface area contributed by atoms with Gasteiger partial charge in [-0.05, 0) is 64.2 Å². The zero-order valence-electron chi connectivity index (χ0n) is 36.0. The number of amides is 1. The lowest BCUT2D eigenvalue weighted by atomic mass is 10.0. The third kappa shape index (κ3) is 44.4. The van der Waals surface area contributed by atoms with Crippen LogP contribution in [0.25, 0.3) is 0 Å². The van der Waals surface area contributed by atoms with Gasteiger partial charge in [-0.1, -0.05) is 177 Å². The largest absolute Gasteiger partial charge is 0.472 e. The number of hydrogen-bond donors (Lipinski definition) is 3. The van der Waals surface area contributed by atoms with Crippen molar-refractivity contribution in [2.75, 3.05) is 26.4 Å². The summed E-state index contributed by atoms with van der Waals surface area (Å²) in [6.45, 7) is 3.38. The standard InChI is InChI=1S/C47H82NO8P/c1-3-5-7-9-11-13-15-17-19-20-21-22-23-24-26-27-29-31-33-35-37-39-46(50)48-41-42-55-57(52,53)56-44-45(49)43-54-47(51)40-38-36-34-32-30-28-25-18-16-14-12-10-8-6-4-2/h5,7,11,13,17,19,21-22,24,26,29,31,45,49H,3-4,6,8-10,12,14-16,18,20,23,25,27-28,30,32-44H2,1-2H3,(H,48,50)(H,52,53)/b7-5-,13-11-,19-17-,22-21-,26-24-,31-29-. The van der Waals surface area contributed by atoms with Crippen LogP contribution in [0.15, 0.2) is 72.9 Å². The lowest BCUT2D eigenvalue weighted by Crippen LogP contribution is -2.27. The predicted octanol–water partition coefficient (Wildman–Crippen LogP) is 12.7. The number of unbranched alkanes of at least 4 members (excludes halogenated alkanes) is 16. The molecule has 0 aromatic rings. The second kappa shape index (κ2) is 43.0. The minimum absolute atomic E-state index is 0.0549. The van der Waals surface area contributed by atoms with Gasteiger partial charge in [0.15, 0.2) is 0 Å². The Balaban J connectivity index is 3.68. The van der Waals surface area contributed by atoms with E-state index in [2.05, 4.69) is 92.1 Å². The van der Waals surface area contributed by atoms with Crippen LogP contribution >= 0.6 is 7.82 Å². The number of carbonyl (C=O) groups is 2. The monoisotopic (exact) mass is 820 g/mol. The van der Waals surface area contributed by atoms with Crippen LogP contribution in [0.5, 0.6) is 0 Å². The highest BCUT2D eigenvalue weighted by molar-refractivity contribution is 7.47. The number of aliphatic hydroxyl groups excluding tert-OH is 1. The molecule has 0 rings (SSSR count). The molecule has 3 N–H and O–H groups in total. The first-order valence-corrected chi connectivity index (χ1v) is 23.9. The average molecular weight is 820 g/mol. The quantitative estimate of drug-likeness (QED) is 0.0240. The Morgan fingerprint density at radius 1 is 0.561 bits per heavy atom. The third-order valence-corrected chi connectivity index (χ3v) is 10.1. The van der Waals surface area contributed by atoms with Crippen LogP contribution in [0, 0.1) is 0 Å². The Morgan fingerprint density at radius 2 is 1.00 bits per heavy atom. The maximum atomic E-state index is 12.1. The van der Waals surface area contributed by atoms with Crippen molar-refractivity contribution < 1.29 is 37.9 Å². The number of nitrogens with one attached hydrogen (secondary N) is 1. The first-order chi connectivity index (χ1) is 27.8. The van der Waals surface area contributed by atoms with Gasteiger partial charge in [-0.3, -0.25) is 18.6 Å². The summed E-state index contributed by atoms with van der Waals surface area (Å²) in [6, 6.07) is 0. The predicted molar refractivity (Wildman–Crippen MR) is 238 cm³/mol. The topological polar surface area (TPSA) is 131 Å². The number of carbonyl (C=O) groups excluding carboxylic acids is 2. The van der Waals surface area contributed by atoms with Crippen LogP contribution in [0.4, 0.5) is 0 Å². The van der Waals surface area contributed by atoms with Crippen molar-refractivity contribution in [1.29, 1.82) is 0 Å². The molecule has 0 aliphatic rings. The number of phosphoric ester groups is 1. The van der Waals surface area contributed by atoms with Crippen molar-refractivity contribution in [3.05, 3.63) is 72.9 Å². The van der Waals surface area contributed by atoms with Crippen molar-refractivity contribution in [3.63, 3.8) is 0 Å². The summed E-state index contributed by atoms with van der Waals surface area (Å²) < 4.78 is 26.9. The fraction of sp³-hybridized carbons (Fsp3) is 0.702. The number of ether oxygens (including phenoxy) is 1. The molecule has 0 bridgehead atoms. The number of esters is 1. The molecule has 0 aliphatic carbocycles. The van der Waals surface area contributed by atoms with E-state index >= 15 is 0 Å². The number of phosphoric acid groups is 1. The summed E-state index contributed by atoms with van der Waals surface area (Å²) in [5, 5.41) is 12.7. The molecule has 57 heavy (non-hydrogen) atoms. The van der Waals surface area contributed by atoms with Gasteiger partial charge in [0.2, 0.25) is 5.91 Å². The summed E-state index contributed by atoms with van der Waals surface area (Å²) >= 11 is 0. The molecule has 1 amide bonds. The highest BCUT2D eigenvalue weighted by Crippen LogP contribution is 2.42. The number of hydrogen-bond acceptors (Lipinski definition) is 7. The zero-order valence-corrected chi connectivity index (χ0v) is 36.9. The molecule has 0 saturated heterocycles. The first kappa shape index (κ1) is 54.5. The maximum absolute atomic E-state index is 12.1. The molecule has 0 aromatic heterocycles. The van der Waals surface area contributed by atoms with E-state index in [0.29, 0.717) is 6.42 Å². The SMILES string of the molecule is CC/C=C\C/C=C\C/C=C\C/C=C\C/C=C\C/C=C\CCCCC(=O)NCCOP(=O)(O)OCC(O)COC(=O)CCCCCCCCCCCCCCCCC. The molecule has 0 fully saturated rings. The molecule has 0 aliphatic heterocycles. The minimum atomic E-state index is -4.43. The third-order valence-electron chi connectivity index (χ3n) is 9.15. The van der Waals surface area contributed by atoms with Crippen molar-refractivity contribution in [3.8, 4) is 0 Å². The van der Waals surface area contributed by atoms with Crippen LogP contribution < -0.4 is 5.32 Å². The minimum Gasteiger partial charge on any atom is -0.463 e. The smallest absolute Gasteiger partial charge is 0.463 e. The summed E-state index contributed by atoms with van der Waals surface area (Å²) in [7, 11) is -4.43. The van der Waals surface area contributed by atoms with E-state index in [1.165, 1.54) is 77.0 Å². The van der Waals surface area contributed by atoms with Gasteiger partial charge in [0.1, 0.15) is 12.7 Å². The molecule has 0 spiro atoms. The van der Waals surface area contributed by atoms with Gasteiger partial charge >= 0.3 is 13.8 Å². The average Bonchev–Trinajstić information content (AvgIpc) is 3.20. The van der Waals surface area contributed by atoms with Gasteiger partial charge in [-0.15, -0.1) is 0 Å². The summed E-state index contributed by atoms with van der Waals surface area (Å²) in [5.74, 6) is -0.562. The van der Waals surface area contributed by atoms with Crippen molar-refractivity contribution in [1.82, 2.24) is 5.32 Å². The molecular formula is C47H82NO8P. The normalized spacial score (nSPS) is 14.0. The Kier molecular flexibility index (Phi) is 41.1. The van der Waals surface area contributed by atoms with Gasteiger partial charge in [0, 0.05) is 19.4 Å². The lowest BCUT2D eigenvalue weighted by molar-refractivity contribution is -0.147. The van der Waals surface area contributed by atoms with Gasteiger partial charge < -0.3 is 20.1 Å². The fourth-order valence-corrected chi connectivity index (χ4v) is 6.55. The van der Waals surface area contributed by atoms with E-state index in [1.54, 1.807) is 0 Å². The molecule has 2 atom stereocenters. The van der Waals surface area contributed by atoms with E-state index in [-0.39, 0.29) is 32.1 Å².